The first kappa shape index (κ1) is 12.2. The van der Waals surface area contributed by atoms with Gasteiger partial charge in [0, 0.05) is 17.9 Å². The van der Waals surface area contributed by atoms with Crippen LogP contribution in [0.15, 0.2) is 0 Å². The minimum atomic E-state index is -1.83. The number of rotatable bonds is 4. The van der Waals surface area contributed by atoms with Crippen LogP contribution in [-0.2, 0) is 4.43 Å². The summed E-state index contributed by atoms with van der Waals surface area (Å²) in [5.74, 6) is 0. The number of nitrogens with two attached hydrogens (primary N) is 2. The third-order valence-electron chi connectivity index (χ3n) is 3.47. The Kier molecular flexibility index (Phi) is 4.57. The molecule has 1 heterocycles. The summed E-state index contributed by atoms with van der Waals surface area (Å²) < 4.78 is 6.06. The average Bonchev–Trinajstić information content (AvgIpc) is 2.27. The fourth-order valence-electron chi connectivity index (χ4n) is 2.39. The van der Waals surface area contributed by atoms with E-state index in [9.17, 15) is 0 Å². The summed E-state index contributed by atoms with van der Waals surface area (Å²) in [5, 5.41) is 0. The van der Waals surface area contributed by atoms with E-state index in [1.54, 1.807) is 0 Å². The summed E-state index contributed by atoms with van der Waals surface area (Å²) in [6.45, 7) is 5.16. The first-order valence-corrected chi connectivity index (χ1v) is 8.09. The maximum atomic E-state index is 6.22. The average molecular weight is 216 g/mol. The van der Waals surface area contributed by atoms with Gasteiger partial charge in [-0.15, -0.1) is 0 Å². The Morgan fingerprint density at radius 1 is 1.14 bits per heavy atom. The first-order valence-electron chi connectivity index (χ1n) is 5.82. The zero-order chi connectivity index (χ0) is 10.6. The van der Waals surface area contributed by atoms with E-state index in [0.717, 1.165) is 25.5 Å². The number of hydrogen-bond donors (Lipinski definition) is 2. The van der Waals surface area contributed by atoms with E-state index in [-0.39, 0.29) is 11.3 Å². The quantitative estimate of drug-likeness (QED) is 0.696. The van der Waals surface area contributed by atoms with Gasteiger partial charge in [0.1, 0.15) is 0 Å². The highest BCUT2D eigenvalue weighted by Gasteiger charge is 2.46. The van der Waals surface area contributed by atoms with E-state index >= 15 is 0 Å². The molecule has 0 aromatic carbocycles. The summed E-state index contributed by atoms with van der Waals surface area (Å²) in [7, 11) is -1.83. The van der Waals surface area contributed by atoms with Crippen LogP contribution in [0.2, 0.25) is 6.04 Å². The second-order valence-corrected chi connectivity index (χ2v) is 8.47. The van der Waals surface area contributed by atoms with E-state index in [2.05, 4.69) is 13.8 Å². The molecule has 0 bridgehead atoms. The van der Waals surface area contributed by atoms with E-state index in [4.69, 9.17) is 15.9 Å². The fraction of sp³-hybridized carbons (Fsp3) is 1.00. The van der Waals surface area contributed by atoms with Crippen LogP contribution in [0.25, 0.3) is 0 Å². The van der Waals surface area contributed by atoms with Gasteiger partial charge < -0.3 is 15.9 Å². The van der Waals surface area contributed by atoms with Gasteiger partial charge in [-0.25, -0.2) is 0 Å². The maximum absolute atomic E-state index is 6.22. The largest absolute Gasteiger partial charge is 0.414 e. The van der Waals surface area contributed by atoms with Crippen molar-refractivity contribution >= 4 is 8.32 Å². The van der Waals surface area contributed by atoms with Crippen molar-refractivity contribution in [1.82, 2.24) is 0 Å². The lowest BCUT2D eigenvalue weighted by atomic mass is 10.4. The lowest BCUT2D eigenvalue weighted by Crippen LogP contribution is -2.67. The standard InChI is InChI=1S/C10H24N2OSi/c1-3-9(11)14(10(12)4-2)8-6-5-7-13-14/h9-10H,3-8,11-12H2,1-2H3. The molecule has 0 amide bonds. The minimum Gasteiger partial charge on any atom is -0.414 e. The Morgan fingerprint density at radius 3 is 2.07 bits per heavy atom. The molecule has 2 atom stereocenters. The van der Waals surface area contributed by atoms with Gasteiger partial charge in [-0.2, -0.15) is 0 Å². The summed E-state index contributed by atoms with van der Waals surface area (Å²) in [4.78, 5) is 0. The van der Waals surface area contributed by atoms with Gasteiger partial charge in [-0.05, 0) is 25.3 Å². The Morgan fingerprint density at radius 2 is 1.71 bits per heavy atom. The molecule has 0 radical (unpaired) electrons. The molecule has 84 valence electrons. The van der Waals surface area contributed by atoms with Gasteiger partial charge in [0.05, 0.1) is 0 Å². The molecule has 14 heavy (non-hydrogen) atoms. The smallest absolute Gasteiger partial charge is 0.225 e. The highest BCUT2D eigenvalue weighted by Crippen LogP contribution is 2.28. The Labute approximate surface area is 88.3 Å². The lowest BCUT2D eigenvalue weighted by molar-refractivity contribution is 0.248. The molecule has 1 saturated heterocycles. The fourth-order valence-corrected chi connectivity index (χ4v) is 6.96. The lowest BCUT2D eigenvalue weighted by Gasteiger charge is -2.43. The minimum absolute atomic E-state index is 0.220. The summed E-state index contributed by atoms with van der Waals surface area (Å²) in [6.07, 6.45) is 4.44. The summed E-state index contributed by atoms with van der Waals surface area (Å²) >= 11 is 0. The number of hydrogen-bond acceptors (Lipinski definition) is 3. The SMILES string of the molecule is CCC(N)[Si]1(C(N)CC)CCCCO1. The molecule has 1 rings (SSSR count). The van der Waals surface area contributed by atoms with Gasteiger partial charge in [-0.1, -0.05) is 20.3 Å². The van der Waals surface area contributed by atoms with Crippen molar-refractivity contribution in [2.75, 3.05) is 6.61 Å². The van der Waals surface area contributed by atoms with E-state index in [1.165, 1.54) is 12.8 Å². The van der Waals surface area contributed by atoms with Crippen molar-refractivity contribution in [3.05, 3.63) is 0 Å². The third-order valence-corrected chi connectivity index (χ3v) is 8.67. The molecule has 0 aliphatic carbocycles. The molecule has 0 aromatic rings. The zero-order valence-electron chi connectivity index (χ0n) is 9.46. The van der Waals surface area contributed by atoms with E-state index in [1.807, 2.05) is 0 Å². The molecule has 1 aliphatic rings. The van der Waals surface area contributed by atoms with Crippen LogP contribution < -0.4 is 11.5 Å². The highest BCUT2D eigenvalue weighted by atomic mass is 28.4. The molecule has 0 spiro atoms. The van der Waals surface area contributed by atoms with E-state index in [0.29, 0.717) is 0 Å². The van der Waals surface area contributed by atoms with Crippen LogP contribution in [0.1, 0.15) is 39.5 Å². The van der Waals surface area contributed by atoms with Gasteiger partial charge in [0.2, 0.25) is 8.32 Å². The molecule has 4 heteroatoms. The van der Waals surface area contributed by atoms with Crippen molar-refractivity contribution in [1.29, 1.82) is 0 Å². The molecule has 0 aromatic heterocycles. The second-order valence-electron chi connectivity index (χ2n) is 4.29. The molecular formula is C10H24N2OSi. The normalized spacial score (nSPS) is 32.6. The van der Waals surface area contributed by atoms with Crippen molar-refractivity contribution in [3.8, 4) is 0 Å². The molecule has 3 nitrogen and oxygen atoms in total. The van der Waals surface area contributed by atoms with Gasteiger partial charge in [0.15, 0.2) is 0 Å². The highest BCUT2D eigenvalue weighted by molar-refractivity contribution is 6.77. The van der Waals surface area contributed by atoms with E-state index < -0.39 is 8.32 Å². The van der Waals surface area contributed by atoms with Gasteiger partial charge in [-0.3, -0.25) is 0 Å². The van der Waals surface area contributed by atoms with Crippen LogP contribution in [0.4, 0.5) is 0 Å². The van der Waals surface area contributed by atoms with Crippen molar-refractivity contribution in [2.45, 2.75) is 56.9 Å². The molecule has 0 saturated carbocycles. The molecule has 2 unspecified atom stereocenters. The predicted octanol–water partition coefficient (Wildman–Crippen LogP) is 1.30. The van der Waals surface area contributed by atoms with Crippen LogP contribution in [0, 0.1) is 0 Å². The predicted molar refractivity (Wildman–Crippen MR) is 62.3 cm³/mol. The van der Waals surface area contributed by atoms with Crippen LogP contribution in [0.3, 0.4) is 0 Å². The maximum Gasteiger partial charge on any atom is 0.225 e. The molecular weight excluding hydrogens is 192 g/mol. The molecule has 1 fully saturated rings. The first-order chi connectivity index (χ1) is 6.67. The van der Waals surface area contributed by atoms with Crippen LogP contribution in [0.5, 0.6) is 0 Å². The summed E-state index contributed by atoms with van der Waals surface area (Å²) in [6, 6.07) is 1.16. The zero-order valence-corrected chi connectivity index (χ0v) is 10.5. The topological polar surface area (TPSA) is 61.3 Å². The Balaban J connectivity index is 2.76. The third kappa shape index (κ3) is 2.19. The molecule has 1 aliphatic heterocycles. The van der Waals surface area contributed by atoms with Crippen molar-refractivity contribution in [2.24, 2.45) is 11.5 Å². The van der Waals surface area contributed by atoms with Gasteiger partial charge >= 0.3 is 0 Å². The monoisotopic (exact) mass is 216 g/mol. The van der Waals surface area contributed by atoms with Crippen LogP contribution in [-0.4, -0.2) is 26.3 Å². The Hall–Kier alpha value is 0.0969. The van der Waals surface area contributed by atoms with Gasteiger partial charge in [0.25, 0.3) is 0 Å². The Bertz CT molecular complexity index is 160. The van der Waals surface area contributed by atoms with Crippen molar-refractivity contribution in [3.63, 3.8) is 0 Å². The van der Waals surface area contributed by atoms with Crippen molar-refractivity contribution < 1.29 is 4.43 Å². The summed E-state index contributed by atoms with van der Waals surface area (Å²) in [5.41, 5.74) is 12.9. The van der Waals surface area contributed by atoms with Crippen LogP contribution >= 0.6 is 0 Å². The molecule has 4 N–H and O–H groups in total. The second kappa shape index (κ2) is 5.26.